The number of nitrogens with one attached hydrogen (secondary N) is 1. The highest BCUT2D eigenvalue weighted by molar-refractivity contribution is 6.30. The van der Waals surface area contributed by atoms with E-state index in [1.165, 1.54) is 10.9 Å². The lowest BCUT2D eigenvalue weighted by molar-refractivity contribution is 0.0677. The summed E-state index contributed by atoms with van der Waals surface area (Å²) >= 11 is 5.94. The van der Waals surface area contributed by atoms with Crippen LogP contribution >= 0.6 is 11.6 Å². The molecular formula is C22H24ClNO. The zero-order valence-electron chi connectivity index (χ0n) is 14.7. The van der Waals surface area contributed by atoms with Crippen molar-refractivity contribution in [2.45, 2.75) is 32.9 Å². The third-order valence-corrected chi connectivity index (χ3v) is 5.05. The third-order valence-electron chi connectivity index (χ3n) is 4.79. The van der Waals surface area contributed by atoms with Gasteiger partial charge in [-0.2, -0.15) is 0 Å². The summed E-state index contributed by atoms with van der Waals surface area (Å²) in [5, 5.41) is 17.1. The largest absolute Gasteiger partial charge is 0.373 e. The van der Waals surface area contributed by atoms with Crippen LogP contribution in [0.5, 0.6) is 0 Å². The Bertz CT molecular complexity index is 837. The molecule has 0 amide bonds. The molecule has 130 valence electrons. The van der Waals surface area contributed by atoms with E-state index in [4.69, 9.17) is 11.6 Å². The Balaban J connectivity index is 1.70. The van der Waals surface area contributed by atoms with Gasteiger partial charge in [-0.05, 0) is 42.0 Å². The molecule has 2 N–H and O–H groups in total. The molecule has 2 nitrogen and oxygen atoms in total. The van der Waals surface area contributed by atoms with Crippen molar-refractivity contribution in [3.8, 4) is 0 Å². The summed E-state index contributed by atoms with van der Waals surface area (Å²) in [5.74, 6) is 0. The van der Waals surface area contributed by atoms with Crippen LogP contribution < -0.4 is 5.32 Å². The average molecular weight is 354 g/mol. The first-order chi connectivity index (χ1) is 12.0. The van der Waals surface area contributed by atoms with Gasteiger partial charge in [-0.3, -0.25) is 0 Å². The minimum absolute atomic E-state index is 0.267. The molecule has 0 bridgehead atoms. The quantitative estimate of drug-likeness (QED) is 0.542. The molecule has 3 aromatic rings. The first-order valence-corrected chi connectivity index (χ1v) is 9.00. The van der Waals surface area contributed by atoms with E-state index in [0.29, 0.717) is 0 Å². The number of aryl methyl sites for hydroxylation is 1. The van der Waals surface area contributed by atoms with Crippen LogP contribution in [0, 0.1) is 5.41 Å². The van der Waals surface area contributed by atoms with Crippen LogP contribution in [0.25, 0.3) is 10.8 Å². The third kappa shape index (κ3) is 4.33. The number of aliphatic hydroxyl groups is 1. The molecule has 1 unspecified atom stereocenters. The van der Waals surface area contributed by atoms with Gasteiger partial charge in [0.1, 0.15) is 6.23 Å². The fourth-order valence-electron chi connectivity index (χ4n) is 2.95. The van der Waals surface area contributed by atoms with Crippen LogP contribution in [0.2, 0.25) is 5.02 Å². The summed E-state index contributed by atoms with van der Waals surface area (Å²) in [5.41, 5.74) is 1.93. The fourth-order valence-corrected chi connectivity index (χ4v) is 3.07. The number of aliphatic hydroxyl groups excluding tert-OH is 1. The molecule has 0 aliphatic carbocycles. The Labute approximate surface area is 154 Å². The van der Waals surface area contributed by atoms with E-state index in [9.17, 15) is 5.11 Å². The van der Waals surface area contributed by atoms with Gasteiger partial charge in [-0.15, -0.1) is 0 Å². The molecule has 3 heteroatoms. The van der Waals surface area contributed by atoms with Gasteiger partial charge >= 0.3 is 0 Å². The molecule has 0 saturated carbocycles. The Morgan fingerprint density at radius 2 is 1.64 bits per heavy atom. The van der Waals surface area contributed by atoms with Gasteiger partial charge in [-0.1, -0.05) is 74.0 Å². The van der Waals surface area contributed by atoms with Crippen molar-refractivity contribution in [3.63, 3.8) is 0 Å². The molecule has 3 rings (SSSR count). The monoisotopic (exact) mass is 353 g/mol. The van der Waals surface area contributed by atoms with Crippen LogP contribution in [0.3, 0.4) is 0 Å². The van der Waals surface area contributed by atoms with E-state index in [1.54, 1.807) is 0 Å². The van der Waals surface area contributed by atoms with Crippen LogP contribution in [-0.4, -0.2) is 11.3 Å². The van der Waals surface area contributed by atoms with Crippen molar-refractivity contribution in [3.05, 3.63) is 77.3 Å². The SMILES string of the molecule is CC(C)(CCc1ccc(Cl)cc1)C(O)Nc1cccc2ccccc12. The van der Waals surface area contributed by atoms with Crippen molar-refractivity contribution in [2.75, 3.05) is 5.32 Å². The molecule has 0 fully saturated rings. The molecule has 0 spiro atoms. The summed E-state index contributed by atoms with van der Waals surface area (Å²) in [6, 6.07) is 22.2. The minimum atomic E-state index is -0.634. The predicted molar refractivity (Wildman–Crippen MR) is 107 cm³/mol. The lowest BCUT2D eigenvalue weighted by Gasteiger charge is -2.32. The number of halogens is 1. The highest BCUT2D eigenvalue weighted by Gasteiger charge is 2.27. The van der Waals surface area contributed by atoms with Gasteiger partial charge in [0.05, 0.1) is 0 Å². The van der Waals surface area contributed by atoms with Crippen molar-refractivity contribution in [2.24, 2.45) is 5.41 Å². The van der Waals surface area contributed by atoms with Crippen molar-refractivity contribution >= 4 is 28.1 Å². The molecule has 25 heavy (non-hydrogen) atoms. The first kappa shape index (κ1) is 17.8. The van der Waals surface area contributed by atoms with Gasteiger partial charge in [0.25, 0.3) is 0 Å². The smallest absolute Gasteiger partial charge is 0.129 e. The minimum Gasteiger partial charge on any atom is -0.373 e. The maximum Gasteiger partial charge on any atom is 0.129 e. The number of benzene rings is 3. The van der Waals surface area contributed by atoms with E-state index >= 15 is 0 Å². The lowest BCUT2D eigenvalue weighted by Crippen LogP contribution is -2.36. The molecule has 1 atom stereocenters. The maximum absolute atomic E-state index is 10.8. The van der Waals surface area contributed by atoms with Gasteiger partial charge in [0, 0.05) is 21.5 Å². The molecule has 3 aromatic carbocycles. The summed E-state index contributed by atoms with van der Waals surface area (Å²) in [7, 11) is 0. The summed E-state index contributed by atoms with van der Waals surface area (Å²) in [6.45, 7) is 4.18. The standard InChI is InChI=1S/C22H24ClNO/c1-22(2,15-14-16-10-12-18(23)13-11-16)21(25)24-20-9-5-7-17-6-3-4-8-19(17)20/h3-13,21,24-25H,14-15H2,1-2H3. The van der Waals surface area contributed by atoms with Crippen molar-refractivity contribution < 1.29 is 5.11 Å². The zero-order valence-corrected chi connectivity index (χ0v) is 15.4. The number of fused-ring (bicyclic) bond motifs is 1. The summed E-state index contributed by atoms with van der Waals surface area (Å²) in [4.78, 5) is 0. The number of anilines is 1. The summed E-state index contributed by atoms with van der Waals surface area (Å²) < 4.78 is 0. The molecule has 0 saturated heterocycles. The number of hydrogen-bond donors (Lipinski definition) is 2. The highest BCUT2D eigenvalue weighted by Crippen LogP contribution is 2.31. The molecular weight excluding hydrogens is 330 g/mol. The molecule has 0 aliphatic heterocycles. The first-order valence-electron chi connectivity index (χ1n) is 8.62. The van der Waals surface area contributed by atoms with E-state index in [-0.39, 0.29) is 5.41 Å². The molecule has 0 aromatic heterocycles. The topological polar surface area (TPSA) is 32.3 Å². The van der Waals surface area contributed by atoms with Gasteiger partial charge in [0.2, 0.25) is 0 Å². The lowest BCUT2D eigenvalue weighted by atomic mass is 9.84. The number of rotatable bonds is 6. The second-order valence-corrected chi connectivity index (χ2v) is 7.63. The van der Waals surface area contributed by atoms with Crippen LogP contribution in [0.1, 0.15) is 25.8 Å². The maximum atomic E-state index is 10.8. The Morgan fingerprint density at radius 3 is 2.40 bits per heavy atom. The van der Waals surface area contributed by atoms with Crippen molar-refractivity contribution in [1.82, 2.24) is 0 Å². The molecule has 0 aliphatic rings. The fraction of sp³-hybridized carbons (Fsp3) is 0.273. The van der Waals surface area contributed by atoms with E-state index in [0.717, 1.165) is 28.9 Å². The van der Waals surface area contributed by atoms with E-state index < -0.39 is 6.23 Å². The van der Waals surface area contributed by atoms with Gasteiger partial charge < -0.3 is 10.4 Å². The molecule has 0 heterocycles. The van der Waals surface area contributed by atoms with E-state index in [2.05, 4.69) is 37.4 Å². The van der Waals surface area contributed by atoms with Crippen LogP contribution in [-0.2, 0) is 6.42 Å². The van der Waals surface area contributed by atoms with E-state index in [1.807, 2.05) is 48.5 Å². The van der Waals surface area contributed by atoms with Crippen LogP contribution in [0.15, 0.2) is 66.7 Å². The average Bonchev–Trinajstić information content (AvgIpc) is 2.61. The number of hydrogen-bond acceptors (Lipinski definition) is 2. The second kappa shape index (κ2) is 7.47. The van der Waals surface area contributed by atoms with Gasteiger partial charge in [-0.25, -0.2) is 0 Å². The summed E-state index contributed by atoms with van der Waals surface area (Å²) in [6.07, 6.45) is 1.14. The normalized spacial score (nSPS) is 13.0. The van der Waals surface area contributed by atoms with Gasteiger partial charge in [0.15, 0.2) is 0 Å². The van der Waals surface area contributed by atoms with Crippen molar-refractivity contribution in [1.29, 1.82) is 0 Å². The molecule has 0 radical (unpaired) electrons. The highest BCUT2D eigenvalue weighted by atomic mass is 35.5. The Morgan fingerprint density at radius 1 is 0.960 bits per heavy atom. The second-order valence-electron chi connectivity index (χ2n) is 7.19. The Kier molecular flexibility index (Phi) is 5.31. The Hall–Kier alpha value is -2.03. The predicted octanol–water partition coefficient (Wildman–Crippen LogP) is 5.88. The zero-order chi connectivity index (χ0) is 17.9. The van der Waals surface area contributed by atoms with Crippen LogP contribution in [0.4, 0.5) is 5.69 Å².